The number of nitrogens with one attached hydrogen (secondary N) is 1. The fourth-order valence-corrected chi connectivity index (χ4v) is 3.36. The first-order chi connectivity index (χ1) is 13.2. The van der Waals surface area contributed by atoms with Crippen LogP contribution in [0.4, 0.5) is 0 Å². The number of likely N-dealkylation sites (tertiary alicyclic amines) is 1. The van der Waals surface area contributed by atoms with Crippen LogP contribution in [0.1, 0.15) is 34.3 Å². The van der Waals surface area contributed by atoms with Gasteiger partial charge in [0.2, 0.25) is 0 Å². The van der Waals surface area contributed by atoms with Crippen LogP contribution in [-0.2, 0) is 0 Å². The summed E-state index contributed by atoms with van der Waals surface area (Å²) in [6, 6.07) is 17.3. The Morgan fingerprint density at radius 3 is 2.63 bits per heavy atom. The molecule has 1 amide bonds. The van der Waals surface area contributed by atoms with Gasteiger partial charge in [0.1, 0.15) is 18.4 Å². The maximum absolute atomic E-state index is 12.4. The van der Waals surface area contributed by atoms with Crippen molar-refractivity contribution in [2.24, 2.45) is 0 Å². The highest BCUT2D eigenvalue weighted by Crippen LogP contribution is 2.17. The van der Waals surface area contributed by atoms with Gasteiger partial charge in [-0.25, -0.2) is 0 Å². The topological polar surface area (TPSA) is 65.4 Å². The number of benzene rings is 2. The summed E-state index contributed by atoms with van der Waals surface area (Å²) in [5.74, 6) is 0.656. The largest absolute Gasteiger partial charge is 0.491 e. The molecule has 2 aromatic carbocycles. The Morgan fingerprint density at radius 1 is 1.19 bits per heavy atom. The molecule has 1 heterocycles. The van der Waals surface area contributed by atoms with E-state index in [2.05, 4.69) is 16.3 Å². The monoisotopic (exact) mass is 363 g/mol. The van der Waals surface area contributed by atoms with Crippen LogP contribution in [0, 0.1) is 18.3 Å². The number of nitriles is 1. The zero-order chi connectivity index (χ0) is 19.1. The molecule has 0 unspecified atom stereocenters. The highest BCUT2D eigenvalue weighted by Gasteiger charge is 2.21. The third-order valence-electron chi connectivity index (χ3n) is 4.99. The number of hydrogen-bond acceptors (Lipinski definition) is 4. The average Bonchev–Trinajstić information content (AvgIpc) is 2.70. The van der Waals surface area contributed by atoms with Gasteiger partial charge in [-0.05, 0) is 43.5 Å². The van der Waals surface area contributed by atoms with Crippen molar-refractivity contribution in [1.29, 1.82) is 5.26 Å². The van der Waals surface area contributed by atoms with E-state index in [0.29, 0.717) is 17.9 Å². The lowest BCUT2D eigenvalue weighted by atomic mass is 10.0. The Kier molecular flexibility index (Phi) is 6.45. The zero-order valence-electron chi connectivity index (χ0n) is 15.6. The molecule has 0 atom stereocenters. The fraction of sp³-hybridized carbons (Fsp3) is 0.364. The van der Waals surface area contributed by atoms with E-state index in [-0.39, 0.29) is 11.9 Å². The van der Waals surface area contributed by atoms with Crippen LogP contribution in [0.3, 0.4) is 0 Å². The molecule has 0 radical (unpaired) electrons. The molecule has 1 fully saturated rings. The lowest BCUT2D eigenvalue weighted by molar-refractivity contribution is 0.0905. The molecule has 1 aliphatic rings. The number of ether oxygens (including phenoxy) is 1. The first kappa shape index (κ1) is 18.9. The zero-order valence-corrected chi connectivity index (χ0v) is 15.6. The number of amides is 1. The summed E-state index contributed by atoms with van der Waals surface area (Å²) in [7, 11) is 0. The maximum Gasteiger partial charge on any atom is 0.251 e. The Morgan fingerprint density at radius 2 is 1.89 bits per heavy atom. The van der Waals surface area contributed by atoms with Gasteiger partial charge in [0.15, 0.2) is 0 Å². The molecule has 0 spiro atoms. The standard InChI is InChI=1S/C22H25N3O2/c1-17-6-2-4-8-20(17)22(26)24-19-10-12-25(13-11-19)14-15-27-21-9-5-3-7-18(21)16-23/h2-9,19H,10-15H2,1H3,(H,24,26). The quantitative estimate of drug-likeness (QED) is 0.856. The molecule has 5 nitrogen and oxygen atoms in total. The number of aryl methyl sites for hydroxylation is 1. The Bertz CT molecular complexity index is 820. The van der Waals surface area contributed by atoms with Crippen LogP contribution in [0.25, 0.3) is 0 Å². The van der Waals surface area contributed by atoms with Crippen LogP contribution in [-0.4, -0.2) is 43.1 Å². The smallest absolute Gasteiger partial charge is 0.251 e. The van der Waals surface area contributed by atoms with Gasteiger partial charge in [0.25, 0.3) is 5.91 Å². The Labute approximate surface area is 160 Å². The third kappa shape index (κ3) is 5.08. The number of carbonyl (C=O) groups excluding carboxylic acids is 1. The molecule has 0 aliphatic carbocycles. The van der Waals surface area contributed by atoms with Crippen LogP contribution >= 0.6 is 0 Å². The van der Waals surface area contributed by atoms with Gasteiger partial charge in [-0.15, -0.1) is 0 Å². The SMILES string of the molecule is Cc1ccccc1C(=O)NC1CCN(CCOc2ccccc2C#N)CC1. The van der Waals surface area contributed by atoms with E-state index in [9.17, 15) is 4.79 Å². The van der Waals surface area contributed by atoms with Crippen LogP contribution in [0.2, 0.25) is 0 Å². The summed E-state index contributed by atoms with van der Waals surface area (Å²) in [4.78, 5) is 14.8. The molecular weight excluding hydrogens is 338 g/mol. The second-order valence-electron chi connectivity index (χ2n) is 6.86. The van der Waals surface area contributed by atoms with Gasteiger partial charge in [-0.2, -0.15) is 5.26 Å². The average molecular weight is 363 g/mol. The van der Waals surface area contributed by atoms with Crippen molar-refractivity contribution in [2.75, 3.05) is 26.2 Å². The number of nitrogens with zero attached hydrogens (tertiary/aromatic N) is 2. The number of piperidine rings is 1. The van der Waals surface area contributed by atoms with Crippen LogP contribution in [0.15, 0.2) is 48.5 Å². The van der Waals surface area contributed by atoms with Crippen molar-refractivity contribution >= 4 is 5.91 Å². The summed E-state index contributed by atoms with van der Waals surface area (Å²) in [5, 5.41) is 12.3. The van der Waals surface area contributed by atoms with Crippen molar-refractivity contribution in [3.05, 3.63) is 65.2 Å². The molecule has 3 rings (SSSR count). The molecule has 0 bridgehead atoms. The summed E-state index contributed by atoms with van der Waals surface area (Å²) >= 11 is 0. The van der Waals surface area contributed by atoms with Gasteiger partial charge in [0.05, 0.1) is 5.56 Å². The molecule has 1 saturated heterocycles. The number of para-hydroxylation sites is 1. The lowest BCUT2D eigenvalue weighted by Crippen LogP contribution is -2.45. The molecule has 0 saturated carbocycles. The first-order valence-corrected chi connectivity index (χ1v) is 9.38. The minimum absolute atomic E-state index is 0.0167. The summed E-state index contributed by atoms with van der Waals surface area (Å²) in [6.45, 7) is 5.20. The fourth-order valence-electron chi connectivity index (χ4n) is 3.36. The van der Waals surface area contributed by atoms with Crippen molar-refractivity contribution in [3.8, 4) is 11.8 Å². The Balaban J connectivity index is 1.41. The molecular formula is C22H25N3O2. The molecule has 27 heavy (non-hydrogen) atoms. The molecule has 1 aliphatic heterocycles. The highest BCUT2D eigenvalue weighted by atomic mass is 16.5. The van der Waals surface area contributed by atoms with Crippen LogP contribution in [0.5, 0.6) is 5.75 Å². The van der Waals surface area contributed by atoms with E-state index in [1.165, 1.54) is 0 Å². The first-order valence-electron chi connectivity index (χ1n) is 9.38. The molecule has 0 aromatic heterocycles. The van der Waals surface area contributed by atoms with Crippen molar-refractivity contribution in [1.82, 2.24) is 10.2 Å². The Hall–Kier alpha value is -2.84. The van der Waals surface area contributed by atoms with Gasteiger partial charge in [-0.3, -0.25) is 9.69 Å². The van der Waals surface area contributed by atoms with Gasteiger partial charge < -0.3 is 10.1 Å². The van der Waals surface area contributed by atoms with Crippen molar-refractivity contribution < 1.29 is 9.53 Å². The summed E-state index contributed by atoms with van der Waals surface area (Å²) in [5.41, 5.74) is 2.32. The normalized spacial score (nSPS) is 15.1. The van der Waals surface area contributed by atoms with E-state index in [1.807, 2.05) is 49.4 Å². The number of hydrogen-bond donors (Lipinski definition) is 1. The van der Waals surface area contributed by atoms with Gasteiger partial charge in [-0.1, -0.05) is 30.3 Å². The predicted molar refractivity (Wildman–Crippen MR) is 105 cm³/mol. The predicted octanol–water partition coefficient (Wildman–Crippen LogP) is 3.14. The molecule has 140 valence electrons. The van der Waals surface area contributed by atoms with E-state index >= 15 is 0 Å². The van der Waals surface area contributed by atoms with Crippen molar-refractivity contribution in [3.63, 3.8) is 0 Å². The highest BCUT2D eigenvalue weighted by molar-refractivity contribution is 5.95. The molecule has 1 N–H and O–H groups in total. The van der Waals surface area contributed by atoms with Crippen LogP contribution < -0.4 is 10.1 Å². The van der Waals surface area contributed by atoms with E-state index in [0.717, 1.165) is 43.6 Å². The minimum Gasteiger partial charge on any atom is -0.491 e. The third-order valence-corrected chi connectivity index (χ3v) is 4.99. The molecule has 2 aromatic rings. The van der Waals surface area contributed by atoms with E-state index in [1.54, 1.807) is 6.07 Å². The number of rotatable bonds is 6. The van der Waals surface area contributed by atoms with E-state index < -0.39 is 0 Å². The lowest BCUT2D eigenvalue weighted by Gasteiger charge is -2.32. The summed E-state index contributed by atoms with van der Waals surface area (Å²) in [6.07, 6.45) is 1.87. The van der Waals surface area contributed by atoms with Crippen molar-refractivity contribution in [2.45, 2.75) is 25.8 Å². The second kappa shape index (κ2) is 9.20. The second-order valence-corrected chi connectivity index (χ2v) is 6.86. The van der Waals surface area contributed by atoms with Gasteiger partial charge in [0, 0.05) is 31.2 Å². The van der Waals surface area contributed by atoms with Gasteiger partial charge >= 0.3 is 0 Å². The summed E-state index contributed by atoms with van der Waals surface area (Å²) < 4.78 is 5.76. The maximum atomic E-state index is 12.4. The minimum atomic E-state index is 0.0167. The number of carbonyl (C=O) groups is 1. The molecule has 5 heteroatoms. The van der Waals surface area contributed by atoms with E-state index in [4.69, 9.17) is 10.00 Å².